The van der Waals surface area contributed by atoms with Crippen LogP contribution in [-0.4, -0.2) is 12.6 Å². The van der Waals surface area contributed by atoms with Crippen molar-refractivity contribution in [2.24, 2.45) is 5.41 Å². The van der Waals surface area contributed by atoms with Gasteiger partial charge in [-0.3, -0.25) is 0 Å². The third-order valence-electron chi connectivity index (χ3n) is 3.30. The van der Waals surface area contributed by atoms with Crippen LogP contribution in [0.4, 0.5) is 4.39 Å². The second-order valence-electron chi connectivity index (χ2n) is 6.04. The first-order valence-electron chi connectivity index (χ1n) is 6.91. The molecule has 2 heteroatoms. The zero-order chi connectivity index (χ0) is 13.6. The normalized spacial score (nSPS) is 13.6. The van der Waals surface area contributed by atoms with Crippen molar-refractivity contribution in [3.63, 3.8) is 0 Å². The maximum atomic E-state index is 13.1. The van der Waals surface area contributed by atoms with Gasteiger partial charge in [-0.15, -0.1) is 0 Å². The molecule has 0 bridgehead atoms. The van der Waals surface area contributed by atoms with Gasteiger partial charge < -0.3 is 5.32 Å². The molecule has 1 aromatic carbocycles. The molecule has 18 heavy (non-hydrogen) atoms. The zero-order valence-electron chi connectivity index (χ0n) is 12.1. The van der Waals surface area contributed by atoms with Gasteiger partial charge in [0.1, 0.15) is 5.82 Å². The van der Waals surface area contributed by atoms with Crippen molar-refractivity contribution < 1.29 is 4.39 Å². The van der Waals surface area contributed by atoms with E-state index in [-0.39, 0.29) is 11.2 Å². The molecule has 0 saturated carbocycles. The van der Waals surface area contributed by atoms with E-state index in [0.717, 1.165) is 31.4 Å². The molecule has 102 valence electrons. The predicted molar refractivity (Wildman–Crippen MR) is 76.3 cm³/mol. The highest BCUT2D eigenvalue weighted by atomic mass is 19.1. The maximum absolute atomic E-state index is 13.1. The van der Waals surface area contributed by atoms with E-state index in [2.05, 4.69) is 33.0 Å². The zero-order valence-corrected chi connectivity index (χ0v) is 12.1. The lowest BCUT2D eigenvalue weighted by Crippen LogP contribution is -2.41. The van der Waals surface area contributed by atoms with Crippen LogP contribution in [0.25, 0.3) is 0 Å². The highest BCUT2D eigenvalue weighted by Crippen LogP contribution is 2.23. The van der Waals surface area contributed by atoms with Crippen LogP contribution < -0.4 is 5.32 Å². The average Bonchev–Trinajstić information content (AvgIpc) is 2.27. The van der Waals surface area contributed by atoms with E-state index in [9.17, 15) is 4.39 Å². The van der Waals surface area contributed by atoms with E-state index < -0.39 is 0 Å². The Balaban J connectivity index is 2.56. The first kappa shape index (κ1) is 15.2. The Hall–Kier alpha value is -0.890. The minimum absolute atomic E-state index is 0.138. The van der Waals surface area contributed by atoms with Crippen molar-refractivity contribution in [1.82, 2.24) is 5.32 Å². The van der Waals surface area contributed by atoms with Crippen LogP contribution in [-0.2, 0) is 6.42 Å². The number of rotatable bonds is 6. The van der Waals surface area contributed by atoms with E-state index in [1.165, 1.54) is 6.07 Å². The van der Waals surface area contributed by atoms with Crippen LogP contribution in [0.5, 0.6) is 0 Å². The largest absolute Gasteiger partial charge is 0.313 e. The van der Waals surface area contributed by atoms with E-state index in [1.54, 1.807) is 12.1 Å². The molecule has 0 amide bonds. The van der Waals surface area contributed by atoms with E-state index in [0.29, 0.717) is 6.04 Å². The van der Waals surface area contributed by atoms with Gasteiger partial charge in [0.15, 0.2) is 0 Å². The number of hydrogen-bond acceptors (Lipinski definition) is 1. The Morgan fingerprint density at radius 2 is 2.00 bits per heavy atom. The minimum Gasteiger partial charge on any atom is -0.313 e. The maximum Gasteiger partial charge on any atom is 0.123 e. The van der Waals surface area contributed by atoms with Crippen molar-refractivity contribution in [3.8, 4) is 0 Å². The lowest BCUT2D eigenvalue weighted by molar-refractivity contribution is 0.255. The summed E-state index contributed by atoms with van der Waals surface area (Å²) >= 11 is 0. The lowest BCUT2D eigenvalue weighted by Gasteiger charge is -2.32. The van der Waals surface area contributed by atoms with Crippen LogP contribution in [0.15, 0.2) is 24.3 Å². The molecule has 1 N–H and O–H groups in total. The molecule has 1 unspecified atom stereocenters. The van der Waals surface area contributed by atoms with Crippen molar-refractivity contribution in [3.05, 3.63) is 35.6 Å². The Morgan fingerprint density at radius 3 is 2.56 bits per heavy atom. The summed E-state index contributed by atoms with van der Waals surface area (Å²) in [6.45, 7) is 9.99. The Kier molecular flexibility index (Phi) is 5.80. The summed E-state index contributed by atoms with van der Waals surface area (Å²) in [5, 5.41) is 3.60. The Morgan fingerprint density at radius 1 is 1.28 bits per heavy atom. The number of benzene rings is 1. The molecule has 0 radical (unpaired) electrons. The van der Waals surface area contributed by atoms with Crippen LogP contribution in [0, 0.1) is 11.2 Å². The molecular weight excluding hydrogens is 225 g/mol. The van der Waals surface area contributed by atoms with Crippen molar-refractivity contribution in [2.75, 3.05) is 6.54 Å². The fourth-order valence-electron chi connectivity index (χ4n) is 2.16. The first-order valence-corrected chi connectivity index (χ1v) is 6.91. The van der Waals surface area contributed by atoms with Gasteiger partial charge in [-0.2, -0.15) is 0 Å². The van der Waals surface area contributed by atoms with E-state index >= 15 is 0 Å². The Bertz CT molecular complexity index is 354. The molecule has 0 spiro atoms. The molecular formula is C16H26FN. The molecule has 0 saturated heterocycles. The molecule has 0 fully saturated rings. The summed E-state index contributed by atoms with van der Waals surface area (Å²) in [5.41, 5.74) is 1.32. The Labute approximate surface area is 111 Å². The monoisotopic (exact) mass is 251 g/mol. The summed E-state index contributed by atoms with van der Waals surface area (Å²) in [5.74, 6) is -0.138. The molecule has 0 heterocycles. The quantitative estimate of drug-likeness (QED) is 0.800. The standard InChI is InChI=1S/C16H26FN/c1-5-11-18-15(16(2,3)4)10-9-13-7-6-8-14(17)12-13/h6-8,12,15,18H,5,9-11H2,1-4H3. The first-order chi connectivity index (χ1) is 8.43. The van der Waals surface area contributed by atoms with E-state index in [1.807, 2.05) is 6.07 Å². The lowest BCUT2D eigenvalue weighted by atomic mass is 9.83. The smallest absolute Gasteiger partial charge is 0.123 e. The fraction of sp³-hybridized carbons (Fsp3) is 0.625. The third kappa shape index (κ3) is 5.18. The van der Waals surface area contributed by atoms with Gasteiger partial charge in [-0.1, -0.05) is 39.8 Å². The SMILES string of the molecule is CCCNC(CCc1cccc(F)c1)C(C)(C)C. The van der Waals surface area contributed by atoms with Crippen LogP contribution in [0.1, 0.15) is 46.1 Å². The topological polar surface area (TPSA) is 12.0 Å². The van der Waals surface area contributed by atoms with Gasteiger partial charge in [0, 0.05) is 6.04 Å². The number of aryl methyl sites for hydroxylation is 1. The predicted octanol–water partition coefficient (Wildman–Crippen LogP) is 4.17. The fourth-order valence-corrected chi connectivity index (χ4v) is 2.16. The summed E-state index contributed by atoms with van der Waals surface area (Å²) in [6, 6.07) is 7.40. The van der Waals surface area contributed by atoms with Gasteiger partial charge >= 0.3 is 0 Å². The van der Waals surface area contributed by atoms with Crippen molar-refractivity contribution in [2.45, 2.75) is 53.0 Å². The van der Waals surface area contributed by atoms with Gasteiger partial charge in [0.2, 0.25) is 0 Å². The van der Waals surface area contributed by atoms with Crippen LogP contribution in [0.3, 0.4) is 0 Å². The van der Waals surface area contributed by atoms with Crippen molar-refractivity contribution in [1.29, 1.82) is 0 Å². The highest BCUT2D eigenvalue weighted by molar-refractivity contribution is 5.16. The van der Waals surface area contributed by atoms with Gasteiger partial charge in [-0.25, -0.2) is 4.39 Å². The molecule has 0 aliphatic rings. The number of hydrogen-bond donors (Lipinski definition) is 1. The second-order valence-corrected chi connectivity index (χ2v) is 6.04. The third-order valence-corrected chi connectivity index (χ3v) is 3.30. The van der Waals surface area contributed by atoms with Gasteiger partial charge in [0.05, 0.1) is 0 Å². The molecule has 1 atom stereocenters. The highest BCUT2D eigenvalue weighted by Gasteiger charge is 2.23. The number of nitrogens with one attached hydrogen (secondary N) is 1. The van der Waals surface area contributed by atoms with Crippen LogP contribution in [0.2, 0.25) is 0 Å². The molecule has 1 rings (SSSR count). The molecule has 1 nitrogen and oxygen atoms in total. The second kappa shape index (κ2) is 6.89. The summed E-state index contributed by atoms with van der Waals surface area (Å²) in [4.78, 5) is 0. The van der Waals surface area contributed by atoms with Crippen molar-refractivity contribution >= 4 is 0 Å². The minimum atomic E-state index is -0.138. The van der Waals surface area contributed by atoms with Crippen LogP contribution >= 0.6 is 0 Å². The molecule has 0 aromatic heterocycles. The summed E-state index contributed by atoms with van der Waals surface area (Å²) in [6.07, 6.45) is 3.12. The van der Waals surface area contributed by atoms with Gasteiger partial charge in [-0.05, 0) is 48.9 Å². The molecule has 0 aliphatic carbocycles. The number of halogens is 1. The summed E-state index contributed by atoms with van der Waals surface area (Å²) < 4.78 is 13.1. The summed E-state index contributed by atoms with van der Waals surface area (Å²) in [7, 11) is 0. The van der Waals surface area contributed by atoms with E-state index in [4.69, 9.17) is 0 Å². The van der Waals surface area contributed by atoms with Gasteiger partial charge in [0.25, 0.3) is 0 Å². The molecule has 1 aromatic rings. The average molecular weight is 251 g/mol. The molecule has 0 aliphatic heterocycles.